The molecule has 0 aromatic heterocycles. The molecule has 6 heteroatoms. The molecule has 0 bridgehead atoms. The molecule has 3 rings (SSSR count). The molecule has 6 nitrogen and oxygen atoms in total. The molecular weight excluding hydrogens is 320 g/mol. The van der Waals surface area contributed by atoms with Gasteiger partial charge in [0.25, 0.3) is 5.91 Å². The number of carbonyl (C=O) groups excluding carboxylic acids is 1. The van der Waals surface area contributed by atoms with Crippen molar-refractivity contribution in [2.45, 2.75) is 45.0 Å². The number of hydrogen-bond donors (Lipinski definition) is 1. The number of amides is 1. The maximum atomic E-state index is 13.2. The van der Waals surface area contributed by atoms with Crippen LogP contribution in [0.15, 0.2) is 24.3 Å². The third-order valence-corrected chi connectivity index (χ3v) is 5.26. The lowest BCUT2D eigenvalue weighted by Gasteiger charge is -2.37. The molecule has 136 valence electrons. The number of carbonyl (C=O) groups is 1. The van der Waals surface area contributed by atoms with Gasteiger partial charge in [0, 0.05) is 18.7 Å². The highest BCUT2D eigenvalue weighted by atomic mass is 16.5. The fraction of sp³-hybridized carbons (Fsp3) is 0.526. The number of nitrogens with zero attached hydrogens (tertiary/aromatic N) is 2. The van der Waals surface area contributed by atoms with Crippen LogP contribution in [-0.2, 0) is 0 Å². The number of fused-ring (bicyclic) bond motifs is 2. The first-order chi connectivity index (χ1) is 11.9. The number of aliphatic hydroxyl groups excluding tert-OH is 1. The highest BCUT2D eigenvalue weighted by molar-refractivity contribution is 6.02. The molecule has 1 saturated heterocycles. The van der Waals surface area contributed by atoms with E-state index in [1.54, 1.807) is 31.3 Å². The van der Waals surface area contributed by atoms with Gasteiger partial charge in [0.15, 0.2) is 11.5 Å². The summed E-state index contributed by atoms with van der Waals surface area (Å²) < 4.78 is 10.8. The number of methoxy groups -OCH3 is 2. The minimum absolute atomic E-state index is 0.0634. The molecule has 3 atom stereocenters. The Bertz CT molecular complexity index is 703. The maximum Gasteiger partial charge on any atom is 0.256 e. The first-order valence-corrected chi connectivity index (χ1v) is 8.62. The van der Waals surface area contributed by atoms with Crippen molar-refractivity contribution in [3.05, 3.63) is 29.8 Å². The van der Waals surface area contributed by atoms with Crippen molar-refractivity contribution in [1.29, 1.82) is 0 Å². The van der Waals surface area contributed by atoms with Gasteiger partial charge in [-0.25, -0.2) is 0 Å². The average molecular weight is 346 g/mol. The van der Waals surface area contributed by atoms with E-state index >= 15 is 0 Å². The normalized spacial score (nSPS) is 23.9. The van der Waals surface area contributed by atoms with Crippen molar-refractivity contribution in [3.8, 4) is 11.5 Å². The van der Waals surface area contributed by atoms with Crippen molar-refractivity contribution >= 4 is 11.6 Å². The molecule has 2 aliphatic rings. The van der Waals surface area contributed by atoms with Gasteiger partial charge in [-0.1, -0.05) is 19.1 Å². The molecule has 2 aliphatic heterocycles. The summed E-state index contributed by atoms with van der Waals surface area (Å²) >= 11 is 0. The van der Waals surface area contributed by atoms with Gasteiger partial charge >= 0.3 is 0 Å². The van der Waals surface area contributed by atoms with E-state index in [1.807, 2.05) is 11.8 Å². The molecule has 0 aliphatic carbocycles. The molecule has 3 unspecified atom stereocenters. The van der Waals surface area contributed by atoms with Gasteiger partial charge in [-0.3, -0.25) is 4.79 Å². The smallest absolute Gasteiger partial charge is 0.256 e. The molecular formula is C19H26N2O4. The summed E-state index contributed by atoms with van der Waals surface area (Å²) in [6.45, 7) is 8.61. The molecule has 0 spiro atoms. The highest BCUT2D eigenvalue weighted by Crippen LogP contribution is 2.42. The third-order valence-electron chi connectivity index (χ3n) is 5.26. The molecule has 1 N–H and O–H groups in total. The van der Waals surface area contributed by atoms with E-state index in [0.29, 0.717) is 35.7 Å². The second kappa shape index (κ2) is 6.59. The number of aliphatic hydroxyl groups is 1. The fourth-order valence-corrected chi connectivity index (χ4v) is 3.75. The van der Waals surface area contributed by atoms with Crippen LogP contribution in [-0.4, -0.2) is 55.0 Å². The number of rotatable bonds is 4. The number of benzene rings is 1. The fourth-order valence-electron chi connectivity index (χ4n) is 3.75. The van der Waals surface area contributed by atoms with Gasteiger partial charge < -0.3 is 24.4 Å². The largest absolute Gasteiger partial charge is 0.493 e. The summed E-state index contributed by atoms with van der Waals surface area (Å²) in [4.78, 5) is 16.8. The lowest BCUT2D eigenvalue weighted by Crippen LogP contribution is -2.51. The summed E-state index contributed by atoms with van der Waals surface area (Å²) in [6.07, 6.45) is 0.659. The van der Waals surface area contributed by atoms with Crippen molar-refractivity contribution in [1.82, 2.24) is 4.90 Å². The summed E-state index contributed by atoms with van der Waals surface area (Å²) in [5.74, 6) is 0.940. The molecule has 0 radical (unpaired) electrons. The van der Waals surface area contributed by atoms with E-state index in [1.165, 1.54) is 0 Å². The van der Waals surface area contributed by atoms with Gasteiger partial charge in [0.2, 0.25) is 0 Å². The van der Waals surface area contributed by atoms with E-state index in [9.17, 15) is 9.90 Å². The van der Waals surface area contributed by atoms with Crippen LogP contribution in [0.4, 0.5) is 5.69 Å². The van der Waals surface area contributed by atoms with Crippen molar-refractivity contribution in [2.75, 3.05) is 25.7 Å². The van der Waals surface area contributed by atoms with Crippen LogP contribution >= 0.6 is 0 Å². The molecule has 0 saturated carbocycles. The number of ether oxygens (including phenoxy) is 2. The monoisotopic (exact) mass is 346 g/mol. The van der Waals surface area contributed by atoms with Crippen LogP contribution in [0.5, 0.6) is 11.5 Å². The molecule has 2 heterocycles. The van der Waals surface area contributed by atoms with Gasteiger partial charge in [0.05, 0.1) is 31.5 Å². The Labute approximate surface area is 148 Å². The zero-order valence-electron chi connectivity index (χ0n) is 15.3. The van der Waals surface area contributed by atoms with Crippen molar-refractivity contribution in [3.63, 3.8) is 0 Å². The standard InChI is InChI=1S/C19H26N2O4/c1-6-12(3)21-14-9-17(25-5)16(24-4)8-13(14)18(22)20-10-11(2)7-15(20)19(21)23/h8-9,12,15,19,23H,2,6-7,10H2,1,3-5H3. The second-order valence-electron chi connectivity index (χ2n) is 6.76. The van der Waals surface area contributed by atoms with Crippen molar-refractivity contribution < 1.29 is 19.4 Å². The van der Waals surface area contributed by atoms with Gasteiger partial charge in [-0.2, -0.15) is 0 Å². The zero-order valence-corrected chi connectivity index (χ0v) is 15.3. The van der Waals surface area contributed by atoms with Crippen LogP contribution in [0.25, 0.3) is 0 Å². The molecule has 1 fully saturated rings. The van der Waals surface area contributed by atoms with Crippen LogP contribution in [0.2, 0.25) is 0 Å². The van der Waals surface area contributed by atoms with Gasteiger partial charge in [0.1, 0.15) is 6.23 Å². The van der Waals surface area contributed by atoms with Crippen molar-refractivity contribution in [2.24, 2.45) is 0 Å². The Morgan fingerprint density at radius 1 is 1.32 bits per heavy atom. The highest BCUT2D eigenvalue weighted by Gasteiger charge is 2.44. The van der Waals surface area contributed by atoms with E-state index in [2.05, 4.69) is 13.5 Å². The van der Waals surface area contributed by atoms with E-state index in [-0.39, 0.29) is 18.0 Å². The lowest BCUT2D eigenvalue weighted by atomic mass is 10.1. The van der Waals surface area contributed by atoms with Crippen LogP contribution in [0, 0.1) is 0 Å². The SMILES string of the molecule is C=C1CC2C(O)N(C(C)CC)c3cc(OC)c(OC)cc3C(=O)N2C1. The molecule has 1 aromatic carbocycles. The van der Waals surface area contributed by atoms with E-state index in [4.69, 9.17) is 9.47 Å². The zero-order chi connectivity index (χ0) is 18.3. The Balaban J connectivity index is 2.22. The summed E-state index contributed by atoms with van der Waals surface area (Å²) in [7, 11) is 3.11. The molecule has 1 amide bonds. The predicted molar refractivity (Wildman–Crippen MR) is 96.4 cm³/mol. The second-order valence-corrected chi connectivity index (χ2v) is 6.76. The van der Waals surface area contributed by atoms with Crippen LogP contribution < -0.4 is 14.4 Å². The topological polar surface area (TPSA) is 62.2 Å². The Hall–Kier alpha value is -2.21. The Morgan fingerprint density at radius 3 is 2.56 bits per heavy atom. The summed E-state index contributed by atoms with van der Waals surface area (Å²) in [5.41, 5.74) is 2.17. The maximum absolute atomic E-state index is 13.2. The summed E-state index contributed by atoms with van der Waals surface area (Å²) in [5, 5.41) is 11.1. The van der Waals surface area contributed by atoms with Crippen LogP contribution in [0.1, 0.15) is 37.0 Å². The van der Waals surface area contributed by atoms with E-state index < -0.39 is 6.23 Å². The first-order valence-electron chi connectivity index (χ1n) is 8.62. The Kier molecular flexibility index (Phi) is 4.64. The van der Waals surface area contributed by atoms with Gasteiger partial charge in [-0.15, -0.1) is 0 Å². The third kappa shape index (κ3) is 2.74. The first kappa shape index (κ1) is 17.6. The minimum atomic E-state index is -0.794. The lowest BCUT2D eigenvalue weighted by molar-refractivity contribution is 0.0492. The predicted octanol–water partition coefficient (Wildman–Crippen LogP) is 2.41. The number of anilines is 1. The summed E-state index contributed by atoms with van der Waals surface area (Å²) in [6, 6.07) is 3.27. The molecule has 25 heavy (non-hydrogen) atoms. The van der Waals surface area contributed by atoms with Crippen LogP contribution in [0.3, 0.4) is 0 Å². The quantitative estimate of drug-likeness (QED) is 0.849. The van der Waals surface area contributed by atoms with E-state index in [0.717, 1.165) is 12.0 Å². The minimum Gasteiger partial charge on any atom is -0.493 e. The Morgan fingerprint density at radius 2 is 1.96 bits per heavy atom. The van der Waals surface area contributed by atoms with Gasteiger partial charge in [-0.05, 0) is 25.8 Å². The molecule has 1 aromatic rings. The average Bonchev–Trinajstić information content (AvgIpc) is 2.99. The number of hydrogen-bond acceptors (Lipinski definition) is 5.